The van der Waals surface area contributed by atoms with Crippen LogP contribution in [0, 0.1) is 19.3 Å². The quantitative estimate of drug-likeness (QED) is 0.265. The predicted molar refractivity (Wildman–Crippen MR) is 133 cm³/mol. The highest BCUT2D eigenvalue weighted by molar-refractivity contribution is 5.93. The van der Waals surface area contributed by atoms with E-state index >= 15 is 17.6 Å². The second-order valence-corrected chi connectivity index (χ2v) is 9.37. The lowest BCUT2D eigenvalue weighted by Gasteiger charge is -2.48. The van der Waals surface area contributed by atoms with E-state index in [9.17, 15) is 19.1 Å². The normalized spacial score (nSPS) is 24.8. The minimum Gasteiger partial charge on any atom is -0.478 e. The molecule has 11 heteroatoms. The molecule has 39 heavy (non-hydrogen) atoms. The Balaban J connectivity index is 1.81. The Labute approximate surface area is 218 Å². The molecule has 6 nitrogen and oxygen atoms in total. The fourth-order valence-corrected chi connectivity index (χ4v) is 5.51. The van der Waals surface area contributed by atoms with Crippen molar-refractivity contribution < 1.29 is 31.9 Å². The molecule has 2 N–H and O–H groups in total. The number of aryl methyl sites for hydroxylation is 2. The van der Waals surface area contributed by atoms with Gasteiger partial charge in [-0.3, -0.25) is 4.79 Å². The Bertz CT molecular complexity index is 1690. The van der Waals surface area contributed by atoms with E-state index in [0.717, 1.165) is 12.1 Å². The number of benzene rings is 2. The van der Waals surface area contributed by atoms with E-state index in [0.29, 0.717) is 21.8 Å². The van der Waals surface area contributed by atoms with Gasteiger partial charge in [0.2, 0.25) is 5.79 Å². The fraction of sp³-hybridized carbons (Fsp3) is 0.250. The van der Waals surface area contributed by atoms with Crippen LogP contribution in [-0.4, -0.2) is 43.9 Å². The number of aromatic amines is 1. The molecule has 0 radical (unpaired) electrons. The first-order valence-electron chi connectivity index (χ1n) is 11.8. The van der Waals surface area contributed by atoms with Crippen LogP contribution in [0.2, 0.25) is 0 Å². The highest BCUT2D eigenvalue weighted by Gasteiger charge is 2.72. The molecule has 1 aromatic heterocycles. The first kappa shape index (κ1) is 26.3. The van der Waals surface area contributed by atoms with Crippen molar-refractivity contribution in [3.05, 3.63) is 92.8 Å². The van der Waals surface area contributed by atoms with Crippen LogP contribution in [0.15, 0.2) is 64.7 Å². The number of allylic oxidation sites excluding steroid dienone is 2. The van der Waals surface area contributed by atoms with Crippen LogP contribution in [0.1, 0.15) is 35.0 Å². The molecule has 3 aromatic rings. The fourth-order valence-electron chi connectivity index (χ4n) is 5.51. The van der Waals surface area contributed by atoms with Crippen LogP contribution in [0.3, 0.4) is 0 Å². The number of carboxylic acid groups (broad SMARTS) is 1. The largest absolute Gasteiger partial charge is 0.478 e. The summed E-state index contributed by atoms with van der Waals surface area (Å²) in [6.45, 7) is 0.764. The van der Waals surface area contributed by atoms with Crippen molar-refractivity contribution in [1.29, 1.82) is 0 Å². The van der Waals surface area contributed by atoms with E-state index in [2.05, 4.69) is 15.9 Å². The second kappa shape index (κ2) is 9.17. The Morgan fingerprint density at radius 1 is 1.21 bits per heavy atom. The topological polar surface area (TPSA) is 86.3 Å². The lowest BCUT2D eigenvalue weighted by molar-refractivity contribution is -0.174. The van der Waals surface area contributed by atoms with Gasteiger partial charge in [-0.2, -0.15) is 0 Å². The lowest BCUT2D eigenvalue weighted by atomic mass is 9.76. The van der Waals surface area contributed by atoms with Gasteiger partial charge in [0, 0.05) is 6.04 Å². The van der Waals surface area contributed by atoms with Gasteiger partial charge in [-0.15, -0.1) is 6.42 Å². The van der Waals surface area contributed by atoms with Crippen LogP contribution >= 0.6 is 0 Å². The molecule has 0 fully saturated rings. The number of alkyl halides is 2. The van der Waals surface area contributed by atoms with Crippen LogP contribution in [0.4, 0.5) is 22.0 Å². The van der Waals surface area contributed by atoms with Crippen LogP contribution in [0.5, 0.6) is 0 Å². The lowest BCUT2D eigenvalue weighted by Crippen LogP contribution is -2.66. The Kier molecular flexibility index (Phi) is 6.18. The number of hydrogen-bond donors (Lipinski definition) is 2. The first-order chi connectivity index (χ1) is 18.5. The number of carbonyl (C=O) groups is 1. The van der Waals surface area contributed by atoms with Gasteiger partial charge in [-0.05, 0) is 48.6 Å². The van der Waals surface area contributed by atoms with E-state index in [-0.39, 0.29) is 23.8 Å². The number of aliphatic carboxylic acids is 1. The molecule has 2 aliphatic rings. The van der Waals surface area contributed by atoms with E-state index < -0.39 is 64.2 Å². The van der Waals surface area contributed by atoms with Gasteiger partial charge in [0.05, 0.1) is 23.0 Å². The van der Waals surface area contributed by atoms with Crippen molar-refractivity contribution in [1.82, 2.24) is 14.9 Å². The minimum absolute atomic E-state index is 0.0170. The minimum atomic E-state index is -4.72. The molecule has 1 heterocycles. The molecule has 0 spiro atoms. The summed E-state index contributed by atoms with van der Waals surface area (Å²) in [7, 11) is 0. The number of terminal acetylenes is 1. The first-order valence-corrected chi connectivity index (χ1v) is 11.8. The Hall–Kier alpha value is -4.30. The van der Waals surface area contributed by atoms with Crippen LogP contribution in [0.25, 0.3) is 16.5 Å². The summed E-state index contributed by atoms with van der Waals surface area (Å²) in [5.41, 5.74) is -5.83. The van der Waals surface area contributed by atoms with Crippen molar-refractivity contribution >= 4 is 22.4 Å². The summed E-state index contributed by atoms with van der Waals surface area (Å²) in [5.74, 6) is -11.7. The molecular formula is C28H20F5N3O3. The van der Waals surface area contributed by atoms with Gasteiger partial charge in [-0.25, -0.2) is 36.6 Å². The summed E-state index contributed by atoms with van der Waals surface area (Å²) < 4.78 is 79.3. The van der Waals surface area contributed by atoms with Crippen molar-refractivity contribution in [2.24, 2.45) is 0 Å². The molecule has 0 aliphatic heterocycles. The highest BCUT2D eigenvalue weighted by atomic mass is 19.2. The van der Waals surface area contributed by atoms with E-state index in [1.165, 1.54) is 24.3 Å². The molecule has 0 amide bonds. The van der Waals surface area contributed by atoms with Gasteiger partial charge in [0.15, 0.2) is 17.5 Å². The zero-order valence-corrected chi connectivity index (χ0v) is 20.4. The maximum atomic E-state index is 17.6. The number of nitrogens with one attached hydrogen (secondary N) is 1. The molecule has 0 saturated carbocycles. The molecule has 200 valence electrons. The van der Waals surface area contributed by atoms with Gasteiger partial charge >= 0.3 is 11.6 Å². The van der Waals surface area contributed by atoms with E-state index in [4.69, 9.17) is 6.42 Å². The van der Waals surface area contributed by atoms with Gasteiger partial charge in [0.1, 0.15) is 5.82 Å². The summed E-state index contributed by atoms with van der Waals surface area (Å²) >= 11 is 0. The number of halogens is 5. The number of nitrogens with zero attached hydrogens (tertiary/aromatic N) is 2. The standard InChI is InChI=1S/C28H20F5N3O3/c1-3-11-36(20-10-9-16-12-19-18(13-17(16)20)25(37)35-14(2)34-19)28(33)21(15-7-5-4-6-8-15)22(29)23(30)24(31)27(28,32)26(38)39/h1,4-8,12-13,20H,9-11H2,2H3,(H,38,39)(H,34,35,37)/t20-,27?,28?/m0/s1. The Morgan fingerprint density at radius 3 is 2.54 bits per heavy atom. The maximum absolute atomic E-state index is 17.6. The molecule has 2 unspecified atom stereocenters. The van der Waals surface area contributed by atoms with Gasteiger partial charge in [-0.1, -0.05) is 36.3 Å². The number of carboxylic acids is 1. The summed E-state index contributed by atoms with van der Waals surface area (Å²) in [6.07, 6.45) is 5.74. The summed E-state index contributed by atoms with van der Waals surface area (Å²) in [4.78, 5) is 32.2. The van der Waals surface area contributed by atoms with Crippen molar-refractivity contribution in [2.45, 2.75) is 37.3 Å². The number of rotatable bonds is 5. The second-order valence-electron chi connectivity index (χ2n) is 9.37. The monoisotopic (exact) mass is 541 g/mol. The third-order valence-electron chi connectivity index (χ3n) is 7.22. The Morgan fingerprint density at radius 2 is 1.90 bits per heavy atom. The molecule has 3 atom stereocenters. The summed E-state index contributed by atoms with van der Waals surface area (Å²) in [5, 5.41) is 9.91. The smallest absolute Gasteiger partial charge is 0.354 e. The van der Waals surface area contributed by atoms with Crippen molar-refractivity contribution in [3.8, 4) is 12.3 Å². The molecule has 2 aromatic carbocycles. The number of hydrogen-bond acceptors (Lipinski definition) is 4. The summed E-state index contributed by atoms with van der Waals surface area (Å²) in [6, 6.07) is 8.03. The number of fused-ring (bicyclic) bond motifs is 2. The van der Waals surface area contributed by atoms with Crippen LogP contribution in [-0.2, 0) is 11.2 Å². The van der Waals surface area contributed by atoms with Crippen molar-refractivity contribution in [2.75, 3.05) is 6.54 Å². The molecule has 5 rings (SSSR count). The zero-order valence-electron chi connectivity index (χ0n) is 20.4. The predicted octanol–water partition coefficient (Wildman–Crippen LogP) is 5.16. The number of H-pyrrole nitrogens is 1. The van der Waals surface area contributed by atoms with Gasteiger partial charge < -0.3 is 10.1 Å². The molecule has 0 bridgehead atoms. The highest BCUT2D eigenvalue weighted by Crippen LogP contribution is 2.58. The van der Waals surface area contributed by atoms with Crippen molar-refractivity contribution in [3.63, 3.8) is 0 Å². The average Bonchev–Trinajstić information content (AvgIpc) is 3.31. The molecule has 0 saturated heterocycles. The van der Waals surface area contributed by atoms with Crippen LogP contribution < -0.4 is 5.56 Å². The third kappa shape index (κ3) is 3.62. The average molecular weight is 541 g/mol. The zero-order chi connectivity index (χ0) is 28.3. The SMILES string of the molecule is C#CCN([C@H]1CCc2cc3nc(C)[nH]c(=O)c3cc21)C1(F)C(c2ccccc2)=C(F)C(F)=C(F)C1(F)C(=O)O. The third-order valence-corrected chi connectivity index (χ3v) is 7.22. The number of aromatic nitrogens is 2. The maximum Gasteiger partial charge on any atom is 0.354 e. The molecular weight excluding hydrogens is 521 g/mol. The van der Waals surface area contributed by atoms with E-state index in [1.54, 1.807) is 13.0 Å². The van der Waals surface area contributed by atoms with Gasteiger partial charge in [0.25, 0.3) is 5.56 Å². The van der Waals surface area contributed by atoms with E-state index in [1.807, 2.05) is 0 Å². The molecule has 2 aliphatic carbocycles.